The Morgan fingerprint density at radius 1 is 1.26 bits per heavy atom. The van der Waals surface area contributed by atoms with E-state index in [4.69, 9.17) is 14.2 Å². The maximum Gasteiger partial charge on any atom is 0.312 e. The summed E-state index contributed by atoms with van der Waals surface area (Å²) >= 11 is 0. The minimum Gasteiger partial charge on any atom is -0.497 e. The molecule has 9 heteroatoms. The molecule has 3 fully saturated rings. The highest BCUT2D eigenvalue weighted by Crippen LogP contribution is 2.63. The number of anilines is 1. The molecule has 3 aliphatic rings. The predicted octanol–water partition coefficient (Wildman–Crippen LogP) is 2.87. The van der Waals surface area contributed by atoms with E-state index in [1.54, 1.807) is 55.4 Å². The monoisotopic (exact) mass is 526 g/mol. The summed E-state index contributed by atoms with van der Waals surface area (Å²) in [5, 5.41) is 10.1. The molecule has 1 spiro atoms. The first-order chi connectivity index (χ1) is 18.2. The fourth-order valence-electron chi connectivity index (χ4n) is 6.41. The minimum absolute atomic E-state index is 0.198. The highest BCUT2D eigenvalue weighted by atomic mass is 16.6. The summed E-state index contributed by atoms with van der Waals surface area (Å²) in [6, 6.07) is 5.37. The van der Waals surface area contributed by atoms with E-state index in [0.29, 0.717) is 37.1 Å². The third-order valence-electron chi connectivity index (χ3n) is 8.20. The van der Waals surface area contributed by atoms with Crippen LogP contribution in [0.15, 0.2) is 49.6 Å². The third-order valence-corrected chi connectivity index (χ3v) is 8.20. The summed E-state index contributed by atoms with van der Waals surface area (Å²) in [4.78, 5) is 44.8. The minimum atomic E-state index is -1.21. The Kier molecular flexibility index (Phi) is 7.99. The number of benzene rings is 1. The zero-order valence-corrected chi connectivity index (χ0v) is 22.4. The topological polar surface area (TPSA) is 106 Å². The number of rotatable bonds is 12. The van der Waals surface area contributed by atoms with Gasteiger partial charge in [0.2, 0.25) is 5.91 Å². The summed E-state index contributed by atoms with van der Waals surface area (Å²) < 4.78 is 17.5. The number of unbranched alkanes of at least 4 members (excludes halogenated alkanes) is 1. The van der Waals surface area contributed by atoms with Crippen molar-refractivity contribution in [3.8, 4) is 5.75 Å². The number of aliphatic hydroxyl groups is 1. The average molecular weight is 527 g/mol. The lowest BCUT2D eigenvalue weighted by Gasteiger charge is -2.38. The Bertz CT molecular complexity index is 1090. The number of allylic oxidation sites excluding steroid dienone is 1. The second-order valence-corrected chi connectivity index (χ2v) is 10.5. The van der Waals surface area contributed by atoms with Gasteiger partial charge < -0.3 is 29.1 Å². The Morgan fingerprint density at radius 3 is 2.58 bits per heavy atom. The van der Waals surface area contributed by atoms with Crippen LogP contribution in [0.1, 0.15) is 39.5 Å². The normalized spacial score (nSPS) is 30.1. The van der Waals surface area contributed by atoms with Crippen molar-refractivity contribution in [3.05, 3.63) is 49.6 Å². The Hall–Kier alpha value is -3.17. The second-order valence-electron chi connectivity index (χ2n) is 10.5. The quantitative estimate of drug-likeness (QED) is 0.254. The maximum absolute atomic E-state index is 14.4. The van der Waals surface area contributed by atoms with Gasteiger partial charge in [-0.25, -0.2) is 0 Å². The Labute approximate surface area is 224 Å². The van der Waals surface area contributed by atoms with Gasteiger partial charge in [0, 0.05) is 12.2 Å². The second kappa shape index (κ2) is 10.9. The number of amides is 2. The number of carbonyl (C=O) groups is 3. The first-order valence-corrected chi connectivity index (χ1v) is 13.2. The highest BCUT2D eigenvalue weighted by Gasteiger charge is 2.79. The molecular weight excluding hydrogens is 488 g/mol. The van der Waals surface area contributed by atoms with Gasteiger partial charge in [-0.1, -0.05) is 12.2 Å². The number of ether oxygens (including phenoxy) is 3. The molecule has 0 saturated carbocycles. The summed E-state index contributed by atoms with van der Waals surface area (Å²) in [6.45, 7) is 11.1. The fourth-order valence-corrected chi connectivity index (χ4v) is 6.41. The van der Waals surface area contributed by atoms with Gasteiger partial charge >= 0.3 is 5.97 Å². The number of esters is 1. The largest absolute Gasteiger partial charge is 0.497 e. The van der Waals surface area contributed by atoms with Crippen LogP contribution in [0.4, 0.5) is 5.69 Å². The van der Waals surface area contributed by atoms with Gasteiger partial charge in [0.05, 0.1) is 37.9 Å². The van der Waals surface area contributed by atoms with E-state index >= 15 is 0 Å². The summed E-state index contributed by atoms with van der Waals surface area (Å²) in [5.74, 6) is -2.28. The molecule has 206 valence electrons. The van der Waals surface area contributed by atoms with Crippen molar-refractivity contribution in [1.29, 1.82) is 0 Å². The van der Waals surface area contributed by atoms with Crippen LogP contribution in [0.2, 0.25) is 0 Å². The van der Waals surface area contributed by atoms with Gasteiger partial charge in [-0.05, 0) is 63.8 Å². The van der Waals surface area contributed by atoms with Crippen LogP contribution in [0, 0.1) is 11.8 Å². The van der Waals surface area contributed by atoms with Crippen LogP contribution in [0.5, 0.6) is 5.75 Å². The molecule has 4 rings (SSSR count). The van der Waals surface area contributed by atoms with Crippen LogP contribution >= 0.6 is 0 Å². The van der Waals surface area contributed by atoms with Gasteiger partial charge in [-0.2, -0.15) is 0 Å². The molecule has 0 aliphatic carbocycles. The van der Waals surface area contributed by atoms with Crippen LogP contribution < -0.4 is 9.64 Å². The van der Waals surface area contributed by atoms with E-state index in [9.17, 15) is 19.5 Å². The number of aliphatic hydroxyl groups excluding tert-OH is 1. The molecule has 6 atom stereocenters. The van der Waals surface area contributed by atoms with Gasteiger partial charge in [-0.3, -0.25) is 14.4 Å². The van der Waals surface area contributed by atoms with Crippen LogP contribution in [0.3, 0.4) is 0 Å². The molecular formula is C29H38N2O7. The van der Waals surface area contributed by atoms with E-state index in [1.165, 1.54) is 4.90 Å². The lowest BCUT2D eigenvalue weighted by atomic mass is 9.66. The highest BCUT2D eigenvalue weighted by molar-refractivity contribution is 6.05. The number of carbonyl (C=O) groups excluding carboxylic acids is 3. The third kappa shape index (κ3) is 4.41. The van der Waals surface area contributed by atoms with Crippen molar-refractivity contribution >= 4 is 23.5 Å². The molecule has 2 unspecified atom stereocenters. The molecule has 3 heterocycles. The maximum atomic E-state index is 14.4. The lowest BCUT2D eigenvalue weighted by molar-refractivity contribution is -0.160. The number of methoxy groups -OCH3 is 1. The number of nitrogens with zero attached hydrogens (tertiary/aromatic N) is 2. The molecule has 2 bridgehead atoms. The molecule has 0 radical (unpaired) electrons. The van der Waals surface area contributed by atoms with E-state index < -0.39 is 41.1 Å². The van der Waals surface area contributed by atoms with E-state index in [0.717, 1.165) is 0 Å². The molecule has 3 aliphatic heterocycles. The SMILES string of the molecule is C=CCCCOC(=O)[C@H]1[C@H]2C(=O)N([C@H](C)CO)C(C(=O)N(CC=C)c3ccc(OC)cc3)C23CC[C@]1(C)O3. The van der Waals surface area contributed by atoms with E-state index in [-0.39, 0.29) is 31.6 Å². The summed E-state index contributed by atoms with van der Waals surface area (Å²) in [7, 11) is 1.56. The smallest absolute Gasteiger partial charge is 0.312 e. The molecule has 2 amide bonds. The van der Waals surface area contributed by atoms with Crippen molar-refractivity contribution in [1.82, 2.24) is 4.90 Å². The van der Waals surface area contributed by atoms with Gasteiger partial charge in [0.1, 0.15) is 23.3 Å². The fraction of sp³-hybridized carbons (Fsp3) is 0.552. The summed E-state index contributed by atoms with van der Waals surface area (Å²) in [6.07, 6.45) is 5.67. The van der Waals surface area contributed by atoms with E-state index in [1.807, 2.05) is 6.92 Å². The Balaban J connectivity index is 1.73. The van der Waals surface area contributed by atoms with Gasteiger partial charge in [0.25, 0.3) is 5.91 Å². The predicted molar refractivity (Wildman–Crippen MR) is 142 cm³/mol. The first-order valence-electron chi connectivity index (χ1n) is 13.2. The molecule has 1 aromatic carbocycles. The standard InChI is InChI=1S/C29H38N2O7/c1-6-8-9-17-37-27(35)23-22-25(33)31(19(3)18-32)24(29(22)15-14-28(23,4)38-29)26(34)30(16-7-2)20-10-12-21(36-5)13-11-20/h6-7,10-13,19,22-24,32H,1-2,8-9,14-18H2,3-5H3/t19-,22+,23-,24?,28+,29?/m1/s1. The van der Waals surface area contributed by atoms with Gasteiger partial charge in [0.15, 0.2) is 0 Å². The molecule has 38 heavy (non-hydrogen) atoms. The zero-order valence-electron chi connectivity index (χ0n) is 22.4. The van der Waals surface area contributed by atoms with Crippen molar-refractivity contribution in [2.24, 2.45) is 11.8 Å². The average Bonchev–Trinajstić information content (AvgIpc) is 3.49. The van der Waals surface area contributed by atoms with Crippen LogP contribution in [-0.2, 0) is 23.9 Å². The molecule has 9 nitrogen and oxygen atoms in total. The number of fused-ring (bicyclic) bond motifs is 1. The van der Waals surface area contributed by atoms with Crippen molar-refractivity contribution in [3.63, 3.8) is 0 Å². The lowest BCUT2D eigenvalue weighted by Crippen LogP contribution is -2.58. The Morgan fingerprint density at radius 2 is 1.97 bits per heavy atom. The first kappa shape index (κ1) is 27.9. The van der Waals surface area contributed by atoms with Gasteiger partial charge in [-0.15, -0.1) is 13.2 Å². The van der Waals surface area contributed by atoms with Crippen molar-refractivity contribution in [2.75, 3.05) is 31.8 Å². The van der Waals surface area contributed by atoms with Crippen LogP contribution in [-0.4, -0.2) is 77.9 Å². The van der Waals surface area contributed by atoms with E-state index in [2.05, 4.69) is 13.2 Å². The van der Waals surface area contributed by atoms with Crippen molar-refractivity contribution in [2.45, 2.75) is 62.8 Å². The molecule has 3 saturated heterocycles. The zero-order chi connectivity index (χ0) is 27.7. The van der Waals surface area contributed by atoms with Crippen molar-refractivity contribution < 1.29 is 33.7 Å². The number of hydrogen-bond acceptors (Lipinski definition) is 7. The molecule has 1 N–H and O–H groups in total. The number of hydrogen-bond donors (Lipinski definition) is 1. The summed E-state index contributed by atoms with van der Waals surface area (Å²) in [5.41, 5.74) is -1.52. The molecule has 0 aromatic heterocycles. The van der Waals surface area contributed by atoms with Crippen LogP contribution in [0.25, 0.3) is 0 Å². The molecule has 1 aromatic rings. The number of likely N-dealkylation sites (tertiary alicyclic amines) is 1.